The zero-order valence-corrected chi connectivity index (χ0v) is 14.9. The van der Waals surface area contributed by atoms with Gasteiger partial charge in [-0.1, -0.05) is 35.5 Å². The number of benzene rings is 1. The molecule has 2 saturated heterocycles. The molecule has 2 aromatic rings. The van der Waals surface area contributed by atoms with Crippen LogP contribution in [0.2, 0.25) is 0 Å². The predicted molar refractivity (Wildman–Crippen MR) is 95.3 cm³/mol. The van der Waals surface area contributed by atoms with Gasteiger partial charge in [0.2, 0.25) is 5.89 Å². The standard InChI is InChI=1S/C20H24N4O2/c21-15-20(17-4-2-1-3-5-17)8-10-24(11-9-20)14-18-22-19(26-23-18)16-6-12-25-13-7-16/h1-5,16H,6-14H2. The molecule has 2 aliphatic heterocycles. The SMILES string of the molecule is N#CC1(c2ccccc2)CCN(Cc2noc(C3CCOCC3)n2)CC1. The van der Waals surface area contributed by atoms with E-state index < -0.39 is 0 Å². The maximum Gasteiger partial charge on any atom is 0.229 e. The van der Waals surface area contributed by atoms with E-state index in [0.29, 0.717) is 12.5 Å². The van der Waals surface area contributed by atoms with E-state index in [4.69, 9.17) is 9.26 Å². The highest BCUT2D eigenvalue weighted by Crippen LogP contribution is 2.35. The van der Waals surface area contributed by atoms with Crippen LogP contribution < -0.4 is 0 Å². The first-order valence-corrected chi connectivity index (χ1v) is 9.38. The van der Waals surface area contributed by atoms with Gasteiger partial charge in [0.15, 0.2) is 5.82 Å². The molecule has 0 amide bonds. The Morgan fingerprint density at radius 3 is 2.58 bits per heavy atom. The summed E-state index contributed by atoms with van der Waals surface area (Å²) in [6.07, 6.45) is 3.57. The molecule has 3 heterocycles. The van der Waals surface area contributed by atoms with Crippen LogP contribution in [0, 0.1) is 11.3 Å². The van der Waals surface area contributed by atoms with Crippen molar-refractivity contribution in [2.75, 3.05) is 26.3 Å². The molecular weight excluding hydrogens is 328 g/mol. The van der Waals surface area contributed by atoms with E-state index in [2.05, 4.69) is 33.2 Å². The number of hydrogen-bond donors (Lipinski definition) is 0. The third-order valence-electron chi connectivity index (χ3n) is 5.67. The molecule has 6 nitrogen and oxygen atoms in total. The summed E-state index contributed by atoms with van der Waals surface area (Å²) < 4.78 is 10.9. The van der Waals surface area contributed by atoms with Crippen LogP contribution in [0.15, 0.2) is 34.9 Å². The smallest absolute Gasteiger partial charge is 0.229 e. The summed E-state index contributed by atoms with van der Waals surface area (Å²) in [7, 11) is 0. The maximum atomic E-state index is 9.80. The third kappa shape index (κ3) is 3.50. The van der Waals surface area contributed by atoms with Crippen molar-refractivity contribution in [1.29, 1.82) is 5.26 Å². The topological polar surface area (TPSA) is 75.2 Å². The second-order valence-electron chi connectivity index (χ2n) is 7.27. The van der Waals surface area contributed by atoms with Crippen molar-refractivity contribution in [3.63, 3.8) is 0 Å². The Kier molecular flexibility index (Phi) is 5.00. The highest BCUT2D eigenvalue weighted by molar-refractivity contribution is 5.33. The van der Waals surface area contributed by atoms with Crippen molar-refractivity contribution >= 4 is 0 Å². The Hall–Kier alpha value is -2.23. The van der Waals surface area contributed by atoms with Crippen molar-refractivity contribution in [2.24, 2.45) is 0 Å². The number of piperidine rings is 1. The van der Waals surface area contributed by atoms with E-state index in [1.54, 1.807) is 0 Å². The van der Waals surface area contributed by atoms with Crippen LogP contribution in [0.4, 0.5) is 0 Å². The van der Waals surface area contributed by atoms with E-state index in [-0.39, 0.29) is 5.41 Å². The molecular formula is C20H24N4O2. The summed E-state index contributed by atoms with van der Waals surface area (Å²) in [5.74, 6) is 1.82. The Morgan fingerprint density at radius 1 is 1.15 bits per heavy atom. The number of hydrogen-bond acceptors (Lipinski definition) is 6. The lowest BCUT2D eigenvalue weighted by atomic mass is 9.74. The number of likely N-dealkylation sites (tertiary alicyclic amines) is 1. The van der Waals surface area contributed by atoms with Crippen LogP contribution >= 0.6 is 0 Å². The van der Waals surface area contributed by atoms with Gasteiger partial charge in [-0.3, -0.25) is 4.90 Å². The molecule has 0 bridgehead atoms. The van der Waals surface area contributed by atoms with Gasteiger partial charge in [-0.25, -0.2) is 0 Å². The summed E-state index contributed by atoms with van der Waals surface area (Å²) in [6.45, 7) is 3.95. The van der Waals surface area contributed by atoms with Crippen LogP contribution in [-0.2, 0) is 16.7 Å². The number of nitriles is 1. The minimum absolute atomic E-state index is 0.329. The minimum atomic E-state index is -0.373. The fourth-order valence-corrected chi connectivity index (χ4v) is 3.96. The van der Waals surface area contributed by atoms with Crippen LogP contribution in [0.5, 0.6) is 0 Å². The molecule has 0 aliphatic carbocycles. The minimum Gasteiger partial charge on any atom is -0.381 e. The molecule has 6 heteroatoms. The summed E-state index contributed by atoms with van der Waals surface area (Å²) in [4.78, 5) is 6.92. The van der Waals surface area contributed by atoms with E-state index >= 15 is 0 Å². The lowest BCUT2D eigenvalue weighted by Crippen LogP contribution is -2.41. The molecule has 0 N–H and O–H groups in total. The lowest BCUT2D eigenvalue weighted by Gasteiger charge is -2.37. The predicted octanol–water partition coefficient (Wildman–Crippen LogP) is 3.02. The Morgan fingerprint density at radius 2 is 1.88 bits per heavy atom. The molecule has 0 spiro atoms. The second-order valence-corrected chi connectivity index (χ2v) is 7.27. The average molecular weight is 352 g/mol. The van der Waals surface area contributed by atoms with E-state index in [1.807, 2.05) is 18.2 Å². The molecule has 0 atom stereocenters. The highest BCUT2D eigenvalue weighted by Gasteiger charge is 2.36. The molecule has 26 heavy (non-hydrogen) atoms. The van der Waals surface area contributed by atoms with Crippen molar-refractivity contribution in [2.45, 2.75) is 43.6 Å². The molecule has 2 aliphatic rings. The van der Waals surface area contributed by atoms with Gasteiger partial charge in [-0.05, 0) is 31.2 Å². The molecule has 2 fully saturated rings. The van der Waals surface area contributed by atoms with E-state index in [1.165, 1.54) is 0 Å². The van der Waals surface area contributed by atoms with Gasteiger partial charge >= 0.3 is 0 Å². The molecule has 1 aromatic carbocycles. The van der Waals surface area contributed by atoms with Crippen LogP contribution in [0.1, 0.15) is 48.9 Å². The molecule has 0 radical (unpaired) electrons. The monoisotopic (exact) mass is 352 g/mol. The van der Waals surface area contributed by atoms with Gasteiger partial charge in [-0.15, -0.1) is 0 Å². The quantitative estimate of drug-likeness (QED) is 0.842. The fourth-order valence-electron chi connectivity index (χ4n) is 3.96. The number of aromatic nitrogens is 2. The van der Waals surface area contributed by atoms with E-state index in [9.17, 15) is 5.26 Å². The second kappa shape index (κ2) is 7.56. The first-order chi connectivity index (χ1) is 12.8. The van der Waals surface area contributed by atoms with Gasteiger partial charge in [0.25, 0.3) is 0 Å². The maximum absolute atomic E-state index is 9.80. The first kappa shape index (κ1) is 17.2. The molecule has 0 unspecified atom stereocenters. The fraction of sp³-hybridized carbons (Fsp3) is 0.550. The lowest BCUT2D eigenvalue weighted by molar-refractivity contribution is 0.0778. The number of rotatable bonds is 4. The normalized spacial score (nSPS) is 21.3. The van der Waals surface area contributed by atoms with Crippen LogP contribution in [0.3, 0.4) is 0 Å². The third-order valence-corrected chi connectivity index (χ3v) is 5.67. The zero-order chi connectivity index (χ0) is 17.8. The Bertz CT molecular complexity index is 754. The summed E-state index contributed by atoms with van der Waals surface area (Å²) >= 11 is 0. The largest absolute Gasteiger partial charge is 0.381 e. The van der Waals surface area contributed by atoms with Gasteiger partial charge in [0, 0.05) is 32.2 Å². The number of ether oxygens (including phenoxy) is 1. The van der Waals surface area contributed by atoms with Crippen molar-refractivity contribution in [3.05, 3.63) is 47.6 Å². The average Bonchev–Trinajstić information content (AvgIpc) is 3.19. The first-order valence-electron chi connectivity index (χ1n) is 9.38. The summed E-state index contributed by atoms with van der Waals surface area (Å²) in [5.41, 5.74) is 0.756. The van der Waals surface area contributed by atoms with Gasteiger partial charge in [0.1, 0.15) is 0 Å². The van der Waals surface area contributed by atoms with E-state index in [0.717, 1.165) is 69.3 Å². The Balaban J connectivity index is 1.37. The van der Waals surface area contributed by atoms with Gasteiger partial charge in [-0.2, -0.15) is 10.2 Å². The van der Waals surface area contributed by atoms with Crippen molar-refractivity contribution in [3.8, 4) is 6.07 Å². The molecule has 136 valence electrons. The Labute approximate surface area is 153 Å². The number of nitrogens with zero attached hydrogens (tertiary/aromatic N) is 4. The summed E-state index contributed by atoms with van der Waals surface area (Å²) in [5, 5.41) is 14.0. The van der Waals surface area contributed by atoms with Crippen molar-refractivity contribution < 1.29 is 9.26 Å². The summed E-state index contributed by atoms with van der Waals surface area (Å²) in [6, 6.07) is 12.7. The van der Waals surface area contributed by atoms with Gasteiger partial charge in [0.05, 0.1) is 18.0 Å². The van der Waals surface area contributed by atoms with Gasteiger partial charge < -0.3 is 9.26 Å². The van der Waals surface area contributed by atoms with Crippen LogP contribution in [0.25, 0.3) is 0 Å². The zero-order valence-electron chi connectivity index (χ0n) is 14.9. The van der Waals surface area contributed by atoms with Crippen molar-refractivity contribution in [1.82, 2.24) is 15.0 Å². The molecule has 4 rings (SSSR count). The van der Waals surface area contributed by atoms with Crippen LogP contribution in [-0.4, -0.2) is 41.3 Å². The highest BCUT2D eigenvalue weighted by atomic mass is 16.5. The molecule has 0 saturated carbocycles. The molecule has 1 aromatic heterocycles.